The largest absolute Gasteiger partial charge is 0.341 e. The molecule has 0 spiro atoms. The number of pyridine rings is 1. The van der Waals surface area contributed by atoms with Crippen molar-refractivity contribution in [2.75, 3.05) is 13.1 Å². The van der Waals surface area contributed by atoms with Crippen LogP contribution in [-0.2, 0) is 10.2 Å². The fourth-order valence-corrected chi connectivity index (χ4v) is 2.60. The van der Waals surface area contributed by atoms with Crippen molar-refractivity contribution < 1.29 is 18.4 Å². The minimum Gasteiger partial charge on any atom is -0.341 e. The second-order valence-electron chi connectivity index (χ2n) is 7.21. The molecule has 1 aromatic heterocycles. The first-order chi connectivity index (χ1) is 11.5. The highest BCUT2D eigenvalue weighted by molar-refractivity contribution is 5.94. The van der Waals surface area contributed by atoms with Gasteiger partial charge in [-0.3, -0.25) is 14.6 Å². The van der Waals surface area contributed by atoms with Gasteiger partial charge in [0.25, 0.3) is 11.8 Å². The zero-order valence-corrected chi connectivity index (χ0v) is 14.7. The van der Waals surface area contributed by atoms with Crippen LogP contribution in [0.25, 0.3) is 0 Å². The molecular weight excluding hydrogens is 328 g/mol. The SMILES string of the molecule is C=CC(=O)N1CCC(F)(F)[C@H](NC(=O)c2ccc(C(C)(C)C)nc2)C1. The van der Waals surface area contributed by atoms with E-state index in [9.17, 15) is 18.4 Å². The molecule has 1 saturated heterocycles. The molecule has 0 bridgehead atoms. The zero-order valence-electron chi connectivity index (χ0n) is 14.7. The quantitative estimate of drug-likeness (QED) is 0.851. The minimum absolute atomic E-state index is 0.0634. The summed E-state index contributed by atoms with van der Waals surface area (Å²) in [7, 11) is 0. The predicted molar refractivity (Wildman–Crippen MR) is 90.5 cm³/mol. The number of piperidine rings is 1. The average molecular weight is 351 g/mol. The number of aromatic nitrogens is 1. The van der Waals surface area contributed by atoms with Crippen molar-refractivity contribution in [1.29, 1.82) is 0 Å². The first kappa shape index (κ1) is 19.0. The number of hydrogen-bond donors (Lipinski definition) is 1. The van der Waals surface area contributed by atoms with Crippen LogP contribution in [0.1, 0.15) is 43.2 Å². The Labute approximate surface area is 146 Å². The molecule has 1 fully saturated rings. The molecule has 0 aliphatic carbocycles. The van der Waals surface area contributed by atoms with Crippen molar-refractivity contribution in [2.45, 2.75) is 44.6 Å². The maximum atomic E-state index is 14.1. The second-order valence-corrected chi connectivity index (χ2v) is 7.21. The zero-order chi connectivity index (χ0) is 18.8. The highest BCUT2D eigenvalue weighted by Gasteiger charge is 2.45. The van der Waals surface area contributed by atoms with E-state index in [0.717, 1.165) is 11.8 Å². The van der Waals surface area contributed by atoms with Gasteiger partial charge in [-0.25, -0.2) is 8.78 Å². The summed E-state index contributed by atoms with van der Waals surface area (Å²) in [5, 5.41) is 2.34. The minimum atomic E-state index is -3.08. The van der Waals surface area contributed by atoms with Gasteiger partial charge in [0.2, 0.25) is 5.91 Å². The fourth-order valence-electron chi connectivity index (χ4n) is 2.60. The van der Waals surface area contributed by atoms with Crippen LogP contribution in [0, 0.1) is 0 Å². The number of rotatable bonds is 3. The van der Waals surface area contributed by atoms with Crippen molar-refractivity contribution in [1.82, 2.24) is 15.2 Å². The van der Waals surface area contributed by atoms with E-state index in [1.807, 2.05) is 20.8 Å². The highest BCUT2D eigenvalue weighted by atomic mass is 19.3. The molecule has 1 aliphatic heterocycles. The Morgan fingerprint density at radius 2 is 2.08 bits per heavy atom. The summed E-state index contributed by atoms with van der Waals surface area (Å²) in [6.45, 7) is 9.01. The normalized spacial score (nSPS) is 20.0. The van der Waals surface area contributed by atoms with Gasteiger partial charge in [-0.2, -0.15) is 0 Å². The molecule has 0 radical (unpaired) electrons. The maximum absolute atomic E-state index is 14.1. The molecule has 0 aromatic carbocycles. The van der Waals surface area contributed by atoms with Gasteiger partial charge in [0, 0.05) is 36.8 Å². The molecule has 2 rings (SSSR count). The average Bonchev–Trinajstić information content (AvgIpc) is 2.55. The highest BCUT2D eigenvalue weighted by Crippen LogP contribution is 2.29. The van der Waals surface area contributed by atoms with Crippen molar-refractivity contribution in [3.63, 3.8) is 0 Å². The summed E-state index contributed by atoms with van der Waals surface area (Å²) >= 11 is 0. The smallest absolute Gasteiger partial charge is 0.271 e. The predicted octanol–water partition coefficient (Wildman–Crippen LogP) is 2.53. The van der Waals surface area contributed by atoms with Gasteiger partial charge in [0.05, 0.1) is 5.56 Å². The lowest BCUT2D eigenvalue weighted by atomic mass is 9.91. The van der Waals surface area contributed by atoms with E-state index in [1.54, 1.807) is 12.1 Å². The van der Waals surface area contributed by atoms with Crippen LogP contribution in [-0.4, -0.2) is 46.8 Å². The molecule has 136 valence electrons. The van der Waals surface area contributed by atoms with E-state index >= 15 is 0 Å². The van der Waals surface area contributed by atoms with E-state index in [1.165, 1.54) is 11.1 Å². The summed E-state index contributed by atoms with van der Waals surface area (Å²) < 4.78 is 28.2. The lowest BCUT2D eigenvalue weighted by Crippen LogP contribution is -2.59. The Hall–Kier alpha value is -2.31. The summed E-state index contributed by atoms with van der Waals surface area (Å²) in [5.74, 6) is -4.14. The van der Waals surface area contributed by atoms with Crippen molar-refractivity contribution in [2.24, 2.45) is 0 Å². The number of alkyl halides is 2. The van der Waals surface area contributed by atoms with Crippen LogP contribution in [0.3, 0.4) is 0 Å². The number of nitrogens with zero attached hydrogens (tertiary/aromatic N) is 2. The first-order valence-corrected chi connectivity index (χ1v) is 8.11. The molecule has 2 heterocycles. The third kappa shape index (κ3) is 4.41. The van der Waals surface area contributed by atoms with Crippen molar-refractivity contribution >= 4 is 11.8 Å². The van der Waals surface area contributed by atoms with E-state index in [-0.39, 0.29) is 24.1 Å². The van der Waals surface area contributed by atoms with Gasteiger partial charge < -0.3 is 10.2 Å². The molecule has 25 heavy (non-hydrogen) atoms. The van der Waals surface area contributed by atoms with Gasteiger partial charge in [-0.15, -0.1) is 0 Å². The van der Waals surface area contributed by atoms with E-state index in [2.05, 4.69) is 16.9 Å². The van der Waals surface area contributed by atoms with Crippen LogP contribution >= 0.6 is 0 Å². The van der Waals surface area contributed by atoms with Gasteiger partial charge in [-0.05, 0) is 18.2 Å². The van der Waals surface area contributed by atoms with Gasteiger partial charge in [-0.1, -0.05) is 27.4 Å². The lowest BCUT2D eigenvalue weighted by molar-refractivity contribution is -0.135. The van der Waals surface area contributed by atoms with Crippen molar-refractivity contribution in [3.8, 4) is 0 Å². The number of hydrogen-bond acceptors (Lipinski definition) is 3. The van der Waals surface area contributed by atoms with Crippen molar-refractivity contribution in [3.05, 3.63) is 42.2 Å². The molecule has 7 heteroatoms. The molecule has 0 unspecified atom stereocenters. The third-order valence-electron chi connectivity index (χ3n) is 4.21. The van der Waals surface area contributed by atoms with Crippen LogP contribution in [0.2, 0.25) is 0 Å². The molecular formula is C18H23F2N3O2. The monoisotopic (exact) mass is 351 g/mol. The number of halogens is 2. The topological polar surface area (TPSA) is 62.3 Å². The Balaban J connectivity index is 2.11. The molecule has 1 N–H and O–H groups in total. The third-order valence-corrected chi connectivity index (χ3v) is 4.21. The van der Waals surface area contributed by atoms with E-state index in [4.69, 9.17) is 0 Å². The summed E-state index contributed by atoms with van der Waals surface area (Å²) in [6.07, 6.45) is 1.96. The molecule has 1 aliphatic rings. The summed E-state index contributed by atoms with van der Waals surface area (Å²) in [5.41, 5.74) is 0.836. The van der Waals surface area contributed by atoms with E-state index in [0.29, 0.717) is 0 Å². The van der Waals surface area contributed by atoms with Gasteiger partial charge >= 0.3 is 0 Å². The fraction of sp³-hybridized carbons (Fsp3) is 0.500. The Morgan fingerprint density at radius 1 is 1.40 bits per heavy atom. The Kier molecular flexibility index (Phi) is 5.25. The molecule has 0 saturated carbocycles. The molecule has 1 atom stereocenters. The Morgan fingerprint density at radius 3 is 2.60 bits per heavy atom. The summed E-state index contributed by atoms with van der Waals surface area (Å²) in [6, 6.07) is 1.83. The number of carbonyl (C=O) groups excluding carboxylic acids is 2. The number of carbonyl (C=O) groups is 2. The van der Waals surface area contributed by atoms with Crippen LogP contribution in [0.5, 0.6) is 0 Å². The Bertz CT molecular complexity index is 666. The maximum Gasteiger partial charge on any atom is 0.271 e. The first-order valence-electron chi connectivity index (χ1n) is 8.11. The van der Waals surface area contributed by atoms with Crippen LogP contribution in [0.15, 0.2) is 31.0 Å². The second kappa shape index (κ2) is 6.90. The number of nitrogens with one attached hydrogen (secondary N) is 1. The standard InChI is InChI=1S/C18H23F2N3O2/c1-5-15(24)23-9-8-18(19,20)14(11-23)22-16(25)12-6-7-13(21-10-12)17(2,3)4/h5-7,10,14H,1,8-9,11H2,2-4H3,(H,22,25)/t14-/m1/s1. The van der Waals surface area contributed by atoms with Gasteiger partial charge in [0.15, 0.2) is 0 Å². The molecule has 1 aromatic rings. The number of amides is 2. The number of likely N-dealkylation sites (tertiary alicyclic amines) is 1. The lowest BCUT2D eigenvalue weighted by Gasteiger charge is -2.38. The molecule has 2 amide bonds. The summed E-state index contributed by atoms with van der Waals surface area (Å²) in [4.78, 5) is 29.4. The van der Waals surface area contributed by atoms with Gasteiger partial charge in [0.1, 0.15) is 6.04 Å². The van der Waals surface area contributed by atoms with E-state index < -0.39 is 30.2 Å². The molecule has 5 nitrogen and oxygen atoms in total. The van der Waals surface area contributed by atoms with Crippen LogP contribution in [0.4, 0.5) is 8.78 Å². The van der Waals surface area contributed by atoms with Crippen LogP contribution < -0.4 is 5.32 Å².